The normalized spacial score (nSPS) is 11.9. The number of ketones is 1. The van der Waals surface area contributed by atoms with Gasteiger partial charge in [-0.1, -0.05) is 12.1 Å². The van der Waals surface area contributed by atoms with Crippen molar-refractivity contribution in [2.24, 2.45) is 0 Å². The van der Waals surface area contributed by atoms with Crippen molar-refractivity contribution in [1.29, 1.82) is 0 Å². The van der Waals surface area contributed by atoms with Crippen LogP contribution in [0.15, 0.2) is 24.3 Å². The highest BCUT2D eigenvalue weighted by molar-refractivity contribution is 6.01. The lowest BCUT2D eigenvalue weighted by molar-refractivity contribution is -0.119. The zero-order valence-electron chi connectivity index (χ0n) is 8.65. The van der Waals surface area contributed by atoms with Gasteiger partial charge in [-0.25, -0.2) is 0 Å². The highest BCUT2D eigenvalue weighted by atomic mass is 16.3. The number of Topliss-reactive ketones (excluding diaryl/α,β-unsaturated/α-hetero) is 1. The molecule has 80 valence electrons. The Labute approximate surface area is 87.9 Å². The Kier molecular flexibility index (Phi) is 3.44. The second-order valence-corrected chi connectivity index (χ2v) is 3.34. The molecule has 0 aromatic heterocycles. The van der Waals surface area contributed by atoms with Crippen LogP contribution < -0.4 is 5.32 Å². The fraction of sp³-hybridized carbons (Fsp3) is 0.273. The third kappa shape index (κ3) is 3.09. The van der Waals surface area contributed by atoms with Gasteiger partial charge < -0.3 is 10.4 Å². The number of nitrogens with one attached hydrogen (secondary N) is 1. The first kappa shape index (κ1) is 11.2. The maximum absolute atomic E-state index is 11.7. The van der Waals surface area contributed by atoms with Crippen LogP contribution in [0.4, 0.5) is 0 Å². The van der Waals surface area contributed by atoms with Crippen molar-refractivity contribution >= 4 is 11.7 Å². The summed E-state index contributed by atoms with van der Waals surface area (Å²) >= 11 is 0. The van der Waals surface area contributed by atoms with Gasteiger partial charge in [0.05, 0.1) is 6.04 Å². The molecule has 0 saturated carbocycles. The molecule has 1 atom stereocenters. The number of carbonyl (C=O) groups is 2. The number of phenolic OH excluding ortho intramolecular Hbond substituents is 1. The molecule has 0 aliphatic heterocycles. The molecule has 1 aromatic carbocycles. The summed E-state index contributed by atoms with van der Waals surface area (Å²) in [4.78, 5) is 22.5. The zero-order chi connectivity index (χ0) is 11.4. The molecule has 1 unspecified atom stereocenters. The largest absolute Gasteiger partial charge is 0.508 e. The Morgan fingerprint density at radius 1 is 1.40 bits per heavy atom. The minimum Gasteiger partial charge on any atom is -0.508 e. The van der Waals surface area contributed by atoms with Crippen molar-refractivity contribution in [2.45, 2.75) is 19.9 Å². The molecule has 0 fully saturated rings. The molecule has 0 aliphatic rings. The van der Waals surface area contributed by atoms with Crippen molar-refractivity contribution in [3.05, 3.63) is 29.8 Å². The highest BCUT2D eigenvalue weighted by Crippen LogP contribution is 2.12. The molecule has 1 amide bonds. The average Bonchev–Trinajstić information content (AvgIpc) is 2.15. The molecule has 1 rings (SSSR count). The number of carbonyl (C=O) groups excluding carboxylic acids is 2. The summed E-state index contributed by atoms with van der Waals surface area (Å²) in [6.07, 6.45) is 0. The van der Waals surface area contributed by atoms with Gasteiger partial charge in [-0.15, -0.1) is 0 Å². The fourth-order valence-corrected chi connectivity index (χ4v) is 1.28. The van der Waals surface area contributed by atoms with Gasteiger partial charge in [0.1, 0.15) is 5.75 Å². The number of rotatable bonds is 3. The molecule has 2 N–H and O–H groups in total. The second-order valence-electron chi connectivity index (χ2n) is 3.34. The molecule has 0 heterocycles. The second kappa shape index (κ2) is 4.59. The van der Waals surface area contributed by atoms with Crippen LogP contribution in [-0.4, -0.2) is 22.8 Å². The first-order chi connectivity index (χ1) is 7.00. The van der Waals surface area contributed by atoms with E-state index in [1.54, 1.807) is 19.1 Å². The lowest BCUT2D eigenvalue weighted by Gasteiger charge is -2.11. The Morgan fingerprint density at radius 2 is 2.07 bits per heavy atom. The molecule has 15 heavy (non-hydrogen) atoms. The van der Waals surface area contributed by atoms with Gasteiger partial charge in [0.25, 0.3) is 0 Å². The van der Waals surface area contributed by atoms with Gasteiger partial charge in [-0.3, -0.25) is 9.59 Å². The van der Waals surface area contributed by atoms with E-state index in [4.69, 9.17) is 0 Å². The van der Waals surface area contributed by atoms with Crippen LogP contribution in [0.25, 0.3) is 0 Å². The van der Waals surface area contributed by atoms with Crippen LogP contribution in [0.2, 0.25) is 0 Å². The molecule has 4 nitrogen and oxygen atoms in total. The number of amides is 1. The smallest absolute Gasteiger partial charge is 0.217 e. The van der Waals surface area contributed by atoms with E-state index in [2.05, 4.69) is 5.32 Å². The molecule has 0 bridgehead atoms. The van der Waals surface area contributed by atoms with Crippen LogP contribution >= 0.6 is 0 Å². The minimum absolute atomic E-state index is 0.0378. The monoisotopic (exact) mass is 207 g/mol. The van der Waals surface area contributed by atoms with E-state index in [0.717, 1.165) is 0 Å². The van der Waals surface area contributed by atoms with Gasteiger partial charge in [-0.2, -0.15) is 0 Å². The Bertz CT molecular complexity index is 387. The standard InChI is InChI=1S/C11H13NO3/c1-7(12-8(2)13)11(15)9-4-3-5-10(14)6-9/h3-7,14H,1-2H3,(H,12,13). The summed E-state index contributed by atoms with van der Waals surface area (Å²) in [5.74, 6) is -0.437. The molecular weight excluding hydrogens is 194 g/mol. The quantitative estimate of drug-likeness (QED) is 0.729. The summed E-state index contributed by atoms with van der Waals surface area (Å²) in [6.45, 7) is 2.96. The zero-order valence-corrected chi connectivity index (χ0v) is 8.65. The van der Waals surface area contributed by atoms with Gasteiger partial charge in [0.15, 0.2) is 5.78 Å². The lowest BCUT2D eigenvalue weighted by atomic mass is 10.1. The van der Waals surface area contributed by atoms with Crippen molar-refractivity contribution in [2.75, 3.05) is 0 Å². The highest BCUT2D eigenvalue weighted by Gasteiger charge is 2.15. The van der Waals surface area contributed by atoms with Crippen LogP contribution in [0, 0.1) is 0 Å². The summed E-state index contributed by atoms with van der Waals surface area (Å²) in [7, 11) is 0. The lowest BCUT2D eigenvalue weighted by Crippen LogP contribution is -2.37. The Morgan fingerprint density at radius 3 is 2.60 bits per heavy atom. The summed E-state index contributed by atoms with van der Waals surface area (Å²) in [6, 6.07) is 5.47. The fourth-order valence-electron chi connectivity index (χ4n) is 1.28. The third-order valence-corrected chi connectivity index (χ3v) is 1.94. The molecule has 1 aromatic rings. The van der Waals surface area contributed by atoms with Gasteiger partial charge in [0, 0.05) is 12.5 Å². The Balaban J connectivity index is 2.80. The van der Waals surface area contributed by atoms with Crippen LogP contribution in [0.3, 0.4) is 0 Å². The van der Waals surface area contributed by atoms with E-state index in [-0.39, 0.29) is 17.4 Å². The van der Waals surface area contributed by atoms with Crippen LogP contribution in [0.5, 0.6) is 5.75 Å². The summed E-state index contributed by atoms with van der Waals surface area (Å²) in [5.41, 5.74) is 0.385. The molecule has 0 spiro atoms. The predicted molar refractivity (Wildman–Crippen MR) is 55.7 cm³/mol. The minimum atomic E-state index is -0.579. The average molecular weight is 207 g/mol. The number of aromatic hydroxyl groups is 1. The molecule has 0 aliphatic carbocycles. The Hall–Kier alpha value is -1.84. The van der Waals surface area contributed by atoms with E-state index in [1.807, 2.05) is 0 Å². The van der Waals surface area contributed by atoms with E-state index in [1.165, 1.54) is 19.1 Å². The third-order valence-electron chi connectivity index (χ3n) is 1.94. The molecular formula is C11H13NO3. The SMILES string of the molecule is CC(=O)NC(C)C(=O)c1cccc(O)c1. The van der Waals surface area contributed by atoms with Crippen LogP contribution in [0.1, 0.15) is 24.2 Å². The number of hydrogen-bond acceptors (Lipinski definition) is 3. The number of hydrogen-bond donors (Lipinski definition) is 2. The van der Waals surface area contributed by atoms with Gasteiger partial charge in [-0.05, 0) is 19.1 Å². The maximum atomic E-state index is 11.7. The predicted octanol–water partition coefficient (Wildman–Crippen LogP) is 1.10. The van der Waals surface area contributed by atoms with E-state index < -0.39 is 6.04 Å². The number of phenols is 1. The first-order valence-electron chi connectivity index (χ1n) is 4.61. The van der Waals surface area contributed by atoms with Crippen molar-refractivity contribution < 1.29 is 14.7 Å². The van der Waals surface area contributed by atoms with Crippen LogP contribution in [-0.2, 0) is 4.79 Å². The topological polar surface area (TPSA) is 66.4 Å². The van der Waals surface area contributed by atoms with E-state index >= 15 is 0 Å². The molecule has 4 heteroatoms. The summed E-state index contributed by atoms with van der Waals surface area (Å²) < 4.78 is 0. The number of benzene rings is 1. The maximum Gasteiger partial charge on any atom is 0.217 e. The van der Waals surface area contributed by atoms with Crippen molar-refractivity contribution in [3.63, 3.8) is 0 Å². The summed E-state index contributed by atoms with van der Waals surface area (Å²) in [5, 5.41) is 11.7. The van der Waals surface area contributed by atoms with E-state index in [0.29, 0.717) is 5.56 Å². The van der Waals surface area contributed by atoms with Gasteiger partial charge >= 0.3 is 0 Å². The first-order valence-corrected chi connectivity index (χ1v) is 4.61. The molecule has 0 saturated heterocycles. The van der Waals surface area contributed by atoms with E-state index in [9.17, 15) is 14.7 Å². The van der Waals surface area contributed by atoms with Crippen molar-refractivity contribution in [3.8, 4) is 5.75 Å². The van der Waals surface area contributed by atoms with Crippen molar-refractivity contribution in [1.82, 2.24) is 5.32 Å². The molecule has 0 radical (unpaired) electrons. The van der Waals surface area contributed by atoms with Gasteiger partial charge in [0.2, 0.25) is 5.91 Å².